The standard InChI is InChI=1S/C23H18Cl3N3O3/c1-10-7-12-19(14(26)8-10)27-22(32)23(12)18-17(16-3-2-6-28(16)23)20(30)29(21(18)31)15-5-4-11(24)9-13(15)25/h4-5,7-9,16-18H,2-3,6H2,1H3,(H,27,32). The maximum Gasteiger partial charge on any atom is 0.250 e. The molecule has 0 aromatic heterocycles. The van der Waals surface area contributed by atoms with Gasteiger partial charge in [-0.2, -0.15) is 0 Å². The second-order valence-electron chi connectivity index (χ2n) is 8.90. The maximum atomic E-state index is 13.9. The van der Waals surface area contributed by atoms with E-state index in [0.29, 0.717) is 33.5 Å². The summed E-state index contributed by atoms with van der Waals surface area (Å²) in [6.07, 6.45) is 1.59. The van der Waals surface area contributed by atoms with Crippen molar-refractivity contribution < 1.29 is 14.4 Å². The molecule has 0 radical (unpaired) electrons. The van der Waals surface area contributed by atoms with E-state index in [1.807, 2.05) is 13.0 Å². The number of fused-ring (bicyclic) bond motifs is 7. The lowest BCUT2D eigenvalue weighted by molar-refractivity contribution is -0.135. The van der Waals surface area contributed by atoms with E-state index in [4.69, 9.17) is 34.8 Å². The molecule has 3 amide bonds. The normalized spacial score (nSPS) is 30.8. The van der Waals surface area contributed by atoms with Gasteiger partial charge in [0.15, 0.2) is 0 Å². The summed E-state index contributed by atoms with van der Waals surface area (Å²) in [5.41, 5.74) is 1.12. The molecule has 164 valence electrons. The maximum absolute atomic E-state index is 13.9. The van der Waals surface area contributed by atoms with Gasteiger partial charge in [-0.15, -0.1) is 0 Å². The minimum Gasteiger partial charge on any atom is -0.323 e. The van der Waals surface area contributed by atoms with Gasteiger partial charge in [-0.25, -0.2) is 4.90 Å². The molecule has 4 unspecified atom stereocenters. The number of carbonyl (C=O) groups is 3. The highest BCUT2D eigenvalue weighted by molar-refractivity contribution is 6.39. The van der Waals surface area contributed by atoms with Crippen LogP contribution in [0.15, 0.2) is 30.3 Å². The smallest absolute Gasteiger partial charge is 0.250 e. The van der Waals surface area contributed by atoms with Gasteiger partial charge in [0.05, 0.1) is 33.3 Å². The van der Waals surface area contributed by atoms with Crippen molar-refractivity contribution in [3.63, 3.8) is 0 Å². The molecule has 1 N–H and O–H groups in total. The van der Waals surface area contributed by atoms with Gasteiger partial charge in [-0.05, 0) is 56.1 Å². The highest BCUT2D eigenvalue weighted by Gasteiger charge is 2.74. The first-order chi connectivity index (χ1) is 15.3. The molecule has 0 saturated carbocycles. The molecule has 2 aromatic carbocycles. The lowest BCUT2D eigenvalue weighted by Gasteiger charge is -2.36. The van der Waals surface area contributed by atoms with E-state index in [1.54, 1.807) is 18.2 Å². The molecule has 0 aliphatic carbocycles. The van der Waals surface area contributed by atoms with Crippen LogP contribution in [0.4, 0.5) is 11.4 Å². The zero-order valence-corrected chi connectivity index (χ0v) is 19.3. The van der Waals surface area contributed by atoms with Crippen molar-refractivity contribution in [1.29, 1.82) is 0 Å². The van der Waals surface area contributed by atoms with Gasteiger partial charge in [0.2, 0.25) is 11.8 Å². The Kier molecular flexibility index (Phi) is 4.29. The van der Waals surface area contributed by atoms with Crippen molar-refractivity contribution in [3.05, 3.63) is 56.5 Å². The lowest BCUT2D eigenvalue weighted by Crippen LogP contribution is -2.54. The fourth-order valence-electron chi connectivity index (χ4n) is 6.30. The Balaban J connectivity index is 1.58. The zero-order valence-electron chi connectivity index (χ0n) is 17.0. The molecular formula is C23H18Cl3N3O3. The molecule has 4 atom stereocenters. The van der Waals surface area contributed by atoms with Crippen LogP contribution >= 0.6 is 34.8 Å². The summed E-state index contributed by atoms with van der Waals surface area (Å²) >= 11 is 18.9. The number of imide groups is 1. The Hall–Kier alpha value is -2.12. The number of hydrogen-bond donors (Lipinski definition) is 1. The zero-order chi connectivity index (χ0) is 22.5. The number of benzene rings is 2. The predicted molar refractivity (Wildman–Crippen MR) is 122 cm³/mol. The van der Waals surface area contributed by atoms with E-state index in [1.165, 1.54) is 6.07 Å². The first kappa shape index (κ1) is 20.5. The average molecular weight is 491 g/mol. The van der Waals surface area contributed by atoms with Gasteiger partial charge < -0.3 is 5.32 Å². The van der Waals surface area contributed by atoms with Crippen LogP contribution < -0.4 is 10.2 Å². The molecule has 32 heavy (non-hydrogen) atoms. The van der Waals surface area contributed by atoms with Gasteiger partial charge in [-0.3, -0.25) is 19.3 Å². The minimum atomic E-state index is -1.27. The topological polar surface area (TPSA) is 69.7 Å². The monoisotopic (exact) mass is 489 g/mol. The Bertz CT molecular complexity index is 1250. The number of nitrogens with zero attached hydrogens (tertiary/aromatic N) is 2. The third kappa shape index (κ3) is 2.34. The molecule has 4 aliphatic rings. The molecule has 2 aromatic rings. The number of halogens is 3. The Morgan fingerprint density at radius 3 is 2.56 bits per heavy atom. The van der Waals surface area contributed by atoms with Crippen molar-refractivity contribution in [1.82, 2.24) is 4.90 Å². The van der Waals surface area contributed by atoms with Gasteiger partial charge in [0, 0.05) is 16.6 Å². The number of hydrogen-bond acceptors (Lipinski definition) is 4. The molecule has 4 aliphatic heterocycles. The highest BCUT2D eigenvalue weighted by Crippen LogP contribution is 2.61. The van der Waals surface area contributed by atoms with E-state index < -0.39 is 23.3 Å². The number of nitrogens with one attached hydrogen (secondary N) is 1. The number of aryl methyl sites for hydroxylation is 1. The number of rotatable bonds is 1. The van der Waals surface area contributed by atoms with Gasteiger partial charge in [0.1, 0.15) is 5.54 Å². The predicted octanol–water partition coefficient (Wildman–Crippen LogP) is 4.39. The third-order valence-corrected chi connectivity index (χ3v) is 8.18. The molecule has 6 nitrogen and oxygen atoms in total. The SMILES string of the molecule is Cc1cc(Cl)c2c(c1)C1(C(=O)N2)C2C(=O)N(c3ccc(Cl)cc3Cl)C(=O)C2C2CCCN21. The second kappa shape index (κ2) is 6.70. The Morgan fingerprint density at radius 2 is 1.81 bits per heavy atom. The van der Waals surface area contributed by atoms with Crippen LogP contribution in [0, 0.1) is 18.8 Å². The molecule has 1 spiro atoms. The van der Waals surface area contributed by atoms with Crippen LogP contribution in [0.3, 0.4) is 0 Å². The van der Waals surface area contributed by atoms with Crippen molar-refractivity contribution in [3.8, 4) is 0 Å². The minimum absolute atomic E-state index is 0.205. The summed E-state index contributed by atoms with van der Waals surface area (Å²) in [6, 6.07) is 8.16. The molecule has 4 heterocycles. The van der Waals surface area contributed by atoms with Gasteiger partial charge in [-0.1, -0.05) is 40.9 Å². The van der Waals surface area contributed by atoms with E-state index in [9.17, 15) is 14.4 Å². The van der Waals surface area contributed by atoms with Crippen molar-refractivity contribution in [2.45, 2.75) is 31.3 Å². The number of amides is 3. The van der Waals surface area contributed by atoms with Crippen LogP contribution in [0.1, 0.15) is 24.0 Å². The number of carbonyl (C=O) groups excluding carboxylic acids is 3. The molecule has 3 fully saturated rings. The lowest BCUT2D eigenvalue weighted by atomic mass is 9.75. The molecule has 3 saturated heterocycles. The summed E-state index contributed by atoms with van der Waals surface area (Å²) in [5, 5.41) is 3.97. The molecule has 0 bridgehead atoms. The summed E-state index contributed by atoms with van der Waals surface area (Å²) in [5.74, 6) is -2.53. The number of anilines is 2. The fraction of sp³-hybridized carbons (Fsp3) is 0.348. The van der Waals surface area contributed by atoms with E-state index in [-0.39, 0.29) is 22.9 Å². The van der Waals surface area contributed by atoms with E-state index >= 15 is 0 Å². The van der Waals surface area contributed by atoms with E-state index in [2.05, 4.69) is 10.2 Å². The summed E-state index contributed by atoms with van der Waals surface area (Å²) in [7, 11) is 0. The van der Waals surface area contributed by atoms with E-state index in [0.717, 1.165) is 23.3 Å². The molecule has 6 rings (SSSR count). The van der Waals surface area contributed by atoms with Crippen molar-refractivity contribution >= 4 is 63.9 Å². The summed E-state index contributed by atoms with van der Waals surface area (Å²) < 4.78 is 0. The first-order valence-corrected chi connectivity index (χ1v) is 11.6. The van der Waals surface area contributed by atoms with Gasteiger partial charge in [0.25, 0.3) is 5.91 Å². The average Bonchev–Trinajstić information content (AvgIpc) is 3.42. The molecule has 9 heteroatoms. The summed E-state index contributed by atoms with van der Waals surface area (Å²) in [4.78, 5) is 44.5. The van der Waals surface area contributed by atoms with Crippen molar-refractivity contribution in [2.75, 3.05) is 16.8 Å². The third-order valence-electron chi connectivity index (χ3n) is 7.35. The summed E-state index contributed by atoms with van der Waals surface area (Å²) in [6.45, 7) is 2.54. The van der Waals surface area contributed by atoms with Crippen molar-refractivity contribution in [2.24, 2.45) is 11.8 Å². The Morgan fingerprint density at radius 1 is 1.03 bits per heavy atom. The highest BCUT2D eigenvalue weighted by atomic mass is 35.5. The van der Waals surface area contributed by atoms with Crippen LogP contribution in [0.2, 0.25) is 15.1 Å². The van der Waals surface area contributed by atoms with Crippen LogP contribution in [-0.2, 0) is 19.9 Å². The fourth-order valence-corrected chi connectivity index (χ4v) is 7.11. The van der Waals surface area contributed by atoms with Crippen LogP contribution in [0.5, 0.6) is 0 Å². The van der Waals surface area contributed by atoms with Gasteiger partial charge >= 0.3 is 0 Å². The quantitative estimate of drug-likeness (QED) is 0.602. The first-order valence-electron chi connectivity index (χ1n) is 10.5. The second-order valence-corrected chi connectivity index (χ2v) is 10.2. The van der Waals surface area contributed by atoms with Crippen LogP contribution in [-0.4, -0.2) is 35.2 Å². The molecular weight excluding hydrogens is 473 g/mol. The van der Waals surface area contributed by atoms with Crippen LogP contribution in [0.25, 0.3) is 0 Å². The Labute approximate surface area is 199 Å². The largest absolute Gasteiger partial charge is 0.323 e.